The number of carboxylic acid groups (broad SMARTS) is 1. The van der Waals surface area contributed by atoms with E-state index < -0.39 is 24.0 Å². The Morgan fingerprint density at radius 2 is 1.94 bits per heavy atom. The molecule has 0 bridgehead atoms. The van der Waals surface area contributed by atoms with E-state index in [-0.39, 0.29) is 10.8 Å². The third kappa shape index (κ3) is 3.23. The number of carboxylic acids is 1. The number of amides is 1. The van der Waals surface area contributed by atoms with Crippen molar-refractivity contribution in [2.75, 3.05) is 0 Å². The van der Waals surface area contributed by atoms with Gasteiger partial charge in [-0.05, 0) is 24.4 Å². The number of aliphatic carboxylic acids is 1. The summed E-state index contributed by atoms with van der Waals surface area (Å²) >= 11 is 0.904. The zero-order chi connectivity index (χ0) is 13.9. The fourth-order valence-electron chi connectivity index (χ4n) is 1.33. The van der Waals surface area contributed by atoms with E-state index in [0.717, 1.165) is 11.5 Å². The second-order valence-corrected chi connectivity index (χ2v) is 4.93. The van der Waals surface area contributed by atoms with Crippen LogP contribution < -0.4 is 5.32 Å². The van der Waals surface area contributed by atoms with Crippen LogP contribution in [0, 0.1) is 0 Å². The van der Waals surface area contributed by atoms with Crippen molar-refractivity contribution in [2.24, 2.45) is 0 Å². The van der Waals surface area contributed by atoms with Gasteiger partial charge in [-0.15, -0.1) is 5.10 Å². The molecule has 0 aromatic carbocycles. The number of hydrogen-bond acceptors (Lipinski definition) is 6. The number of carbonyl (C=O) groups is 2. The van der Waals surface area contributed by atoms with Crippen LogP contribution in [-0.4, -0.2) is 43.8 Å². The summed E-state index contributed by atoms with van der Waals surface area (Å²) < 4.78 is 3.68. The lowest BCUT2D eigenvalue weighted by atomic mass is 10.1. The first-order valence-electron chi connectivity index (χ1n) is 5.38. The molecule has 0 fully saturated rings. The summed E-state index contributed by atoms with van der Waals surface area (Å²) in [5.74, 6) is -1.86. The van der Waals surface area contributed by atoms with Gasteiger partial charge in [-0.2, -0.15) is 0 Å². The number of carbonyl (C=O) groups excluding carboxylic acids is 1. The number of rotatable bonds is 5. The molecule has 1 aromatic heterocycles. The zero-order valence-corrected chi connectivity index (χ0v) is 11.1. The van der Waals surface area contributed by atoms with Crippen LogP contribution >= 0.6 is 11.5 Å². The van der Waals surface area contributed by atoms with Gasteiger partial charge < -0.3 is 15.5 Å². The second kappa shape index (κ2) is 5.87. The third-order valence-electron chi connectivity index (χ3n) is 2.30. The van der Waals surface area contributed by atoms with Gasteiger partial charge in [0.05, 0.1) is 11.8 Å². The van der Waals surface area contributed by atoms with E-state index in [4.69, 9.17) is 5.11 Å². The number of nitrogens with zero attached hydrogens (tertiary/aromatic N) is 2. The Labute approximate surface area is 108 Å². The fourth-order valence-corrected chi connectivity index (χ4v) is 2.05. The first kappa shape index (κ1) is 14.5. The molecule has 8 heteroatoms. The van der Waals surface area contributed by atoms with Gasteiger partial charge in [0, 0.05) is 0 Å². The van der Waals surface area contributed by atoms with Crippen molar-refractivity contribution in [3.05, 3.63) is 10.6 Å². The molecule has 1 amide bonds. The summed E-state index contributed by atoms with van der Waals surface area (Å²) in [4.78, 5) is 23.0. The highest BCUT2D eigenvalue weighted by atomic mass is 32.1. The molecule has 0 aliphatic heterocycles. The van der Waals surface area contributed by atoms with E-state index in [0.29, 0.717) is 5.69 Å². The van der Waals surface area contributed by atoms with Crippen molar-refractivity contribution in [3.8, 4) is 0 Å². The first-order chi connectivity index (χ1) is 8.34. The van der Waals surface area contributed by atoms with Gasteiger partial charge in [0.1, 0.15) is 4.88 Å². The molecule has 0 aliphatic rings. The maximum absolute atomic E-state index is 11.9. The van der Waals surface area contributed by atoms with E-state index in [9.17, 15) is 14.7 Å². The molecule has 3 N–H and O–H groups in total. The van der Waals surface area contributed by atoms with Crippen molar-refractivity contribution < 1.29 is 19.8 Å². The largest absolute Gasteiger partial charge is 0.480 e. The number of aliphatic hydroxyl groups is 1. The van der Waals surface area contributed by atoms with Crippen LogP contribution in [-0.2, 0) is 4.79 Å². The standard InChI is InChI=1S/C10H15N3O4S/c1-4(2)6-8(18-13-12-6)9(15)11-7(5(3)14)10(16)17/h4-5,7,14H,1-3H3,(H,11,15)(H,16,17). The Bertz CT molecular complexity index is 444. The van der Waals surface area contributed by atoms with E-state index in [2.05, 4.69) is 14.9 Å². The molecular weight excluding hydrogens is 258 g/mol. The summed E-state index contributed by atoms with van der Waals surface area (Å²) in [5.41, 5.74) is 0.521. The lowest BCUT2D eigenvalue weighted by Gasteiger charge is -2.16. The third-order valence-corrected chi connectivity index (χ3v) is 3.04. The van der Waals surface area contributed by atoms with Gasteiger partial charge in [0.15, 0.2) is 6.04 Å². The summed E-state index contributed by atoms with van der Waals surface area (Å²) in [6.07, 6.45) is -1.19. The Morgan fingerprint density at radius 3 is 2.39 bits per heavy atom. The van der Waals surface area contributed by atoms with Crippen molar-refractivity contribution in [2.45, 2.75) is 38.8 Å². The highest BCUT2D eigenvalue weighted by Crippen LogP contribution is 2.19. The molecule has 1 aromatic rings. The van der Waals surface area contributed by atoms with Gasteiger partial charge in [-0.3, -0.25) is 4.79 Å². The molecule has 0 radical (unpaired) electrons. The Morgan fingerprint density at radius 1 is 1.33 bits per heavy atom. The molecule has 0 aliphatic carbocycles. The molecule has 0 saturated heterocycles. The van der Waals surface area contributed by atoms with Crippen LogP contribution in [0.1, 0.15) is 42.1 Å². The fraction of sp³-hybridized carbons (Fsp3) is 0.600. The summed E-state index contributed by atoms with van der Waals surface area (Å²) in [7, 11) is 0. The predicted octanol–water partition coefficient (Wildman–Crippen LogP) is 0.225. The molecular formula is C10H15N3O4S. The number of aromatic nitrogens is 2. The SMILES string of the molecule is CC(C)c1nnsc1C(=O)NC(C(=O)O)C(C)O. The molecule has 1 heterocycles. The van der Waals surface area contributed by atoms with Crippen molar-refractivity contribution in [1.82, 2.24) is 14.9 Å². The molecule has 0 saturated carbocycles. The van der Waals surface area contributed by atoms with Gasteiger partial charge in [0.2, 0.25) is 0 Å². The van der Waals surface area contributed by atoms with Gasteiger partial charge in [-0.1, -0.05) is 18.3 Å². The second-order valence-electron chi connectivity index (χ2n) is 4.17. The number of nitrogens with one attached hydrogen (secondary N) is 1. The van der Waals surface area contributed by atoms with E-state index in [1.165, 1.54) is 6.92 Å². The Balaban J connectivity index is 2.87. The monoisotopic (exact) mass is 273 g/mol. The minimum absolute atomic E-state index is 0.0133. The molecule has 1 rings (SSSR count). The molecule has 100 valence electrons. The smallest absolute Gasteiger partial charge is 0.328 e. The van der Waals surface area contributed by atoms with Crippen LogP contribution in [0.15, 0.2) is 0 Å². The van der Waals surface area contributed by atoms with E-state index in [1.54, 1.807) is 0 Å². The maximum Gasteiger partial charge on any atom is 0.328 e. The Hall–Kier alpha value is -1.54. The van der Waals surface area contributed by atoms with Crippen molar-refractivity contribution >= 4 is 23.4 Å². The van der Waals surface area contributed by atoms with E-state index >= 15 is 0 Å². The molecule has 0 spiro atoms. The predicted molar refractivity (Wildman–Crippen MR) is 64.6 cm³/mol. The van der Waals surface area contributed by atoms with Crippen LogP contribution in [0.5, 0.6) is 0 Å². The lowest BCUT2D eigenvalue weighted by molar-refractivity contribution is -0.141. The zero-order valence-electron chi connectivity index (χ0n) is 10.2. The van der Waals surface area contributed by atoms with Crippen LogP contribution in [0.3, 0.4) is 0 Å². The minimum Gasteiger partial charge on any atom is -0.480 e. The maximum atomic E-state index is 11.9. The quantitative estimate of drug-likeness (QED) is 0.707. The van der Waals surface area contributed by atoms with Gasteiger partial charge >= 0.3 is 5.97 Å². The van der Waals surface area contributed by atoms with Crippen LogP contribution in [0.25, 0.3) is 0 Å². The van der Waals surface area contributed by atoms with Crippen LogP contribution in [0.4, 0.5) is 0 Å². The topological polar surface area (TPSA) is 112 Å². The molecule has 7 nitrogen and oxygen atoms in total. The molecule has 18 heavy (non-hydrogen) atoms. The summed E-state index contributed by atoms with van der Waals surface area (Å²) in [6, 6.07) is -1.35. The molecule has 2 atom stereocenters. The number of aliphatic hydroxyl groups excluding tert-OH is 1. The normalized spacial score (nSPS) is 14.3. The Kier molecular flexibility index (Phi) is 4.74. The van der Waals surface area contributed by atoms with Crippen molar-refractivity contribution in [3.63, 3.8) is 0 Å². The average molecular weight is 273 g/mol. The average Bonchev–Trinajstić information content (AvgIpc) is 2.73. The lowest BCUT2D eigenvalue weighted by Crippen LogP contribution is -2.47. The highest BCUT2D eigenvalue weighted by Gasteiger charge is 2.28. The minimum atomic E-state index is -1.35. The van der Waals surface area contributed by atoms with Crippen molar-refractivity contribution in [1.29, 1.82) is 0 Å². The van der Waals surface area contributed by atoms with Crippen LogP contribution in [0.2, 0.25) is 0 Å². The number of hydrogen-bond donors (Lipinski definition) is 3. The van der Waals surface area contributed by atoms with Gasteiger partial charge in [-0.25, -0.2) is 4.79 Å². The first-order valence-corrected chi connectivity index (χ1v) is 6.16. The van der Waals surface area contributed by atoms with Gasteiger partial charge in [0.25, 0.3) is 5.91 Å². The highest BCUT2D eigenvalue weighted by molar-refractivity contribution is 7.08. The summed E-state index contributed by atoms with van der Waals surface area (Å²) in [5, 5.41) is 24.2. The van der Waals surface area contributed by atoms with E-state index in [1.807, 2.05) is 13.8 Å². The summed E-state index contributed by atoms with van der Waals surface area (Å²) in [6.45, 7) is 5.01. The molecule has 2 unspecified atom stereocenters.